The fourth-order valence-electron chi connectivity index (χ4n) is 1.57. The highest BCUT2D eigenvalue weighted by molar-refractivity contribution is 7.14. The van der Waals surface area contributed by atoms with Gasteiger partial charge in [-0.2, -0.15) is 0 Å². The van der Waals surface area contributed by atoms with Gasteiger partial charge in [-0.15, -0.1) is 11.3 Å². The number of carbonyl (C=O) groups is 1. The van der Waals surface area contributed by atoms with Crippen molar-refractivity contribution in [1.29, 1.82) is 0 Å². The monoisotopic (exact) mass is 289 g/mol. The van der Waals surface area contributed by atoms with E-state index in [1.807, 2.05) is 0 Å². The van der Waals surface area contributed by atoms with Crippen molar-refractivity contribution in [3.8, 4) is 11.8 Å². The average Bonchev–Trinajstić information content (AvgIpc) is 2.91. The lowest BCUT2D eigenvalue weighted by atomic mass is 10.2. The summed E-state index contributed by atoms with van der Waals surface area (Å²) in [7, 11) is 0. The van der Waals surface area contributed by atoms with Gasteiger partial charge in [0.05, 0.1) is 9.75 Å². The molecule has 0 unspecified atom stereocenters. The third-order valence-corrected chi connectivity index (χ3v) is 3.46. The number of rotatable bonds is 3. The molecule has 0 radical (unpaired) electrons. The predicted molar refractivity (Wildman–Crippen MR) is 75.9 cm³/mol. The van der Waals surface area contributed by atoms with E-state index in [2.05, 4.69) is 17.2 Å². The van der Waals surface area contributed by atoms with Gasteiger partial charge in [0.2, 0.25) is 0 Å². The van der Waals surface area contributed by atoms with Crippen LogP contribution in [0, 0.1) is 17.7 Å². The Morgan fingerprint density at radius 1 is 1.35 bits per heavy atom. The third-order valence-electron chi connectivity index (χ3n) is 2.46. The zero-order valence-electron chi connectivity index (χ0n) is 10.5. The number of amides is 1. The smallest absolute Gasteiger partial charge is 0.261 e. The van der Waals surface area contributed by atoms with E-state index in [9.17, 15) is 9.18 Å². The van der Waals surface area contributed by atoms with E-state index in [4.69, 9.17) is 5.11 Å². The summed E-state index contributed by atoms with van der Waals surface area (Å²) < 4.78 is 13.0. The summed E-state index contributed by atoms with van der Waals surface area (Å²) in [5.41, 5.74) is 0.704. The minimum absolute atomic E-state index is 0.209. The van der Waals surface area contributed by atoms with Crippen LogP contribution in [0.3, 0.4) is 0 Å². The van der Waals surface area contributed by atoms with Gasteiger partial charge in [0.25, 0.3) is 5.91 Å². The largest absolute Gasteiger partial charge is 0.384 e. The molecule has 1 aromatic carbocycles. The maximum atomic E-state index is 13.0. The van der Waals surface area contributed by atoms with Gasteiger partial charge in [0.1, 0.15) is 12.4 Å². The molecule has 0 saturated carbocycles. The Balaban J connectivity index is 1.96. The Labute approximate surface area is 120 Å². The minimum Gasteiger partial charge on any atom is -0.384 e. The van der Waals surface area contributed by atoms with Crippen molar-refractivity contribution in [2.24, 2.45) is 0 Å². The number of hydrogen-bond donors (Lipinski definition) is 2. The summed E-state index contributed by atoms with van der Waals surface area (Å²) in [6.45, 7) is 0.0607. The molecule has 0 aliphatic rings. The van der Waals surface area contributed by atoms with Crippen molar-refractivity contribution < 1.29 is 14.3 Å². The molecule has 0 aliphatic heterocycles. The van der Waals surface area contributed by atoms with E-state index >= 15 is 0 Å². The molecular formula is C15H12FNO2S. The van der Waals surface area contributed by atoms with Crippen molar-refractivity contribution in [1.82, 2.24) is 5.32 Å². The number of carbonyl (C=O) groups excluding carboxylic acids is 1. The van der Waals surface area contributed by atoms with Gasteiger partial charge >= 0.3 is 0 Å². The molecule has 5 heteroatoms. The van der Waals surface area contributed by atoms with Gasteiger partial charge in [0.15, 0.2) is 0 Å². The zero-order valence-corrected chi connectivity index (χ0v) is 11.3. The van der Waals surface area contributed by atoms with E-state index in [1.54, 1.807) is 24.3 Å². The Kier molecular flexibility index (Phi) is 4.88. The molecule has 0 atom stereocenters. The topological polar surface area (TPSA) is 49.3 Å². The molecular weight excluding hydrogens is 277 g/mol. The first kappa shape index (κ1) is 14.3. The van der Waals surface area contributed by atoms with Crippen LogP contribution in [0.15, 0.2) is 36.4 Å². The molecule has 1 heterocycles. The molecule has 2 N–H and O–H groups in total. The molecule has 1 aromatic heterocycles. The number of thiophene rings is 1. The van der Waals surface area contributed by atoms with Crippen LogP contribution in [-0.2, 0) is 6.54 Å². The average molecular weight is 289 g/mol. The van der Waals surface area contributed by atoms with Crippen molar-refractivity contribution in [2.45, 2.75) is 6.54 Å². The number of hydrogen-bond acceptors (Lipinski definition) is 3. The maximum absolute atomic E-state index is 13.0. The summed E-state index contributed by atoms with van der Waals surface area (Å²) in [4.78, 5) is 13.1. The molecule has 20 heavy (non-hydrogen) atoms. The molecule has 0 spiro atoms. The van der Waals surface area contributed by atoms with Gasteiger partial charge in [-0.3, -0.25) is 4.79 Å². The highest BCUT2D eigenvalue weighted by Crippen LogP contribution is 2.15. The second-order valence-corrected chi connectivity index (χ2v) is 5.02. The summed E-state index contributed by atoms with van der Waals surface area (Å²) in [6, 6.07) is 9.49. The number of halogens is 1. The van der Waals surface area contributed by atoms with Crippen LogP contribution in [0.1, 0.15) is 20.1 Å². The summed E-state index contributed by atoms with van der Waals surface area (Å²) in [6.07, 6.45) is 0. The van der Waals surface area contributed by atoms with Crippen LogP contribution < -0.4 is 5.32 Å². The van der Waals surface area contributed by atoms with E-state index in [0.717, 1.165) is 4.88 Å². The van der Waals surface area contributed by atoms with Gasteiger partial charge in [-0.1, -0.05) is 24.0 Å². The number of aliphatic hydroxyl groups is 1. The van der Waals surface area contributed by atoms with Gasteiger partial charge in [-0.05, 0) is 29.8 Å². The molecule has 0 fully saturated rings. The lowest BCUT2D eigenvalue weighted by molar-refractivity contribution is 0.0955. The highest BCUT2D eigenvalue weighted by Gasteiger charge is 2.08. The number of nitrogens with one attached hydrogen (secondary N) is 1. The molecule has 2 aromatic rings. The van der Waals surface area contributed by atoms with Crippen LogP contribution in [0.4, 0.5) is 4.39 Å². The Morgan fingerprint density at radius 3 is 2.95 bits per heavy atom. The Bertz CT molecular complexity index is 670. The first-order chi connectivity index (χ1) is 9.69. The number of aliphatic hydroxyl groups excluding tert-OH is 1. The maximum Gasteiger partial charge on any atom is 0.261 e. The van der Waals surface area contributed by atoms with Crippen LogP contribution in [-0.4, -0.2) is 17.6 Å². The van der Waals surface area contributed by atoms with E-state index in [1.165, 1.54) is 23.5 Å². The van der Waals surface area contributed by atoms with E-state index < -0.39 is 0 Å². The lowest BCUT2D eigenvalue weighted by Crippen LogP contribution is -2.21. The molecule has 102 valence electrons. The van der Waals surface area contributed by atoms with Crippen LogP contribution >= 0.6 is 11.3 Å². The fourth-order valence-corrected chi connectivity index (χ4v) is 2.37. The van der Waals surface area contributed by atoms with Crippen LogP contribution in [0.25, 0.3) is 0 Å². The second-order valence-electron chi connectivity index (χ2n) is 3.94. The Hall–Kier alpha value is -2.16. The standard InChI is InChI=1S/C15H12FNO2S/c16-12-4-1-3-11(9-12)10-17-15(19)14-7-6-13(20-14)5-2-8-18/h1,3-4,6-7,9,18H,8,10H2,(H,17,19). The first-order valence-electron chi connectivity index (χ1n) is 5.91. The van der Waals surface area contributed by atoms with Crippen molar-refractivity contribution >= 4 is 17.2 Å². The fraction of sp³-hybridized carbons (Fsp3) is 0.133. The molecule has 0 aliphatic carbocycles. The lowest BCUT2D eigenvalue weighted by Gasteiger charge is -2.03. The molecule has 3 nitrogen and oxygen atoms in total. The van der Waals surface area contributed by atoms with Gasteiger partial charge < -0.3 is 10.4 Å². The third kappa shape index (κ3) is 3.92. The molecule has 1 amide bonds. The Morgan fingerprint density at radius 2 is 2.20 bits per heavy atom. The van der Waals surface area contributed by atoms with Crippen molar-refractivity contribution in [3.63, 3.8) is 0 Å². The highest BCUT2D eigenvalue weighted by atomic mass is 32.1. The quantitative estimate of drug-likeness (QED) is 0.851. The van der Waals surface area contributed by atoms with Crippen molar-refractivity contribution in [2.75, 3.05) is 6.61 Å². The van der Waals surface area contributed by atoms with Gasteiger partial charge in [-0.25, -0.2) is 4.39 Å². The molecule has 0 bridgehead atoms. The van der Waals surface area contributed by atoms with Gasteiger partial charge in [0, 0.05) is 6.54 Å². The first-order valence-corrected chi connectivity index (χ1v) is 6.73. The zero-order chi connectivity index (χ0) is 14.4. The minimum atomic E-state index is -0.325. The van der Waals surface area contributed by atoms with Crippen LogP contribution in [0.5, 0.6) is 0 Å². The SMILES string of the molecule is O=C(NCc1cccc(F)c1)c1ccc(C#CCO)s1. The summed E-state index contributed by atoms with van der Waals surface area (Å²) in [5.74, 6) is 4.71. The summed E-state index contributed by atoms with van der Waals surface area (Å²) in [5, 5.41) is 11.3. The van der Waals surface area contributed by atoms with Crippen molar-refractivity contribution in [3.05, 3.63) is 57.5 Å². The summed E-state index contributed by atoms with van der Waals surface area (Å²) >= 11 is 1.25. The van der Waals surface area contributed by atoms with E-state index in [0.29, 0.717) is 10.4 Å². The second kappa shape index (κ2) is 6.85. The number of benzene rings is 1. The molecule has 2 rings (SSSR count). The normalized spacial score (nSPS) is 9.70. The van der Waals surface area contributed by atoms with E-state index in [-0.39, 0.29) is 24.9 Å². The molecule has 0 saturated heterocycles. The predicted octanol–water partition coefficient (Wildman–Crippen LogP) is 2.16. The van der Waals surface area contributed by atoms with Crippen LogP contribution in [0.2, 0.25) is 0 Å².